The molecule has 0 spiro atoms. The molecule has 158 valence electrons. The highest BCUT2D eigenvalue weighted by molar-refractivity contribution is 5.86. The van der Waals surface area contributed by atoms with Gasteiger partial charge in [-0.2, -0.15) is 0 Å². The molecule has 31 heavy (non-hydrogen) atoms. The normalized spacial score (nSPS) is 11.9. The molecule has 0 fully saturated rings. The van der Waals surface area contributed by atoms with E-state index >= 15 is 0 Å². The molecule has 0 saturated carbocycles. The van der Waals surface area contributed by atoms with Crippen LogP contribution in [0, 0.1) is 0 Å². The van der Waals surface area contributed by atoms with Crippen molar-refractivity contribution in [1.29, 1.82) is 0 Å². The van der Waals surface area contributed by atoms with Crippen LogP contribution in [0.25, 0.3) is 0 Å². The summed E-state index contributed by atoms with van der Waals surface area (Å²) in [6.45, 7) is 3.56. The largest absolute Gasteiger partial charge is 0.460 e. The summed E-state index contributed by atoms with van der Waals surface area (Å²) in [5.41, 5.74) is 7.65. The molecular weight excluding hydrogens is 388 g/mol. The molecule has 0 saturated heterocycles. The Bertz CT molecular complexity index is 908. The zero-order valence-corrected chi connectivity index (χ0v) is 17.2. The van der Waals surface area contributed by atoms with E-state index in [1.807, 2.05) is 91.0 Å². The lowest BCUT2D eigenvalue weighted by Crippen LogP contribution is -2.50. The maximum Gasteiger partial charge on any atom is 0.323 e. The molecule has 1 amide bonds. The first-order valence-electron chi connectivity index (χ1n) is 10.1. The van der Waals surface area contributed by atoms with E-state index in [2.05, 4.69) is 11.9 Å². The molecule has 0 heterocycles. The molecule has 3 rings (SSSR count). The van der Waals surface area contributed by atoms with Crippen molar-refractivity contribution < 1.29 is 14.3 Å². The van der Waals surface area contributed by atoms with Gasteiger partial charge >= 0.3 is 5.97 Å². The van der Waals surface area contributed by atoms with Crippen molar-refractivity contribution in [3.05, 3.63) is 120 Å². The molecule has 0 aromatic heterocycles. The third-order valence-corrected chi connectivity index (χ3v) is 5.00. The Kier molecular flexibility index (Phi) is 7.35. The van der Waals surface area contributed by atoms with Gasteiger partial charge in [0.1, 0.15) is 18.2 Å². The summed E-state index contributed by atoms with van der Waals surface area (Å²) in [7, 11) is 0. The number of rotatable bonds is 9. The van der Waals surface area contributed by atoms with Gasteiger partial charge in [0.15, 0.2) is 0 Å². The summed E-state index contributed by atoms with van der Waals surface area (Å²) in [5, 5.41) is 3.17. The molecule has 1 atom stereocenters. The van der Waals surface area contributed by atoms with Gasteiger partial charge in [-0.15, -0.1) is 0 Å². The minimum atomic E-state index is -1.07. The number of carbonyl (C=O) groups is 2. The Morgan fingerprint density at radius 3 is 1.68 bits per heavy atom. The number of amides is 1. The van der Waals surface area contributed by atoms with Gasteiger partial charge in [-0.1, -0.05) is 104 Å². The van der Waals surface area contributed by atoms with Gasteiger partial charge in [-0.3, -0.25) is 9.59 Å². The molecule has 3 aromatic rings. The molecule has 5 nitrogen and oxygen atoms in total. The van der Waals surface area contributed by atoms with E-state index in [4.69, 9.17) is 10.5 Å². The van der Waals surface area contributed by atoms with Gasteiger partial charge in [-0.05, 0) is 16.7 Å². The monoisotopic (exact) mass is 414 g/mol. The van der Waals surface area contributed by atoms with E-state index in [1.165, 1.54) is 6.08 Å². The topological polar surface area (TPSA) is 81.4 Å². The number of benzene rings is 3. The molecular formula is C26H26N2O3. The standard InChI is InChI=1S/C26H26N2O3/c1-2-18-31-25(30)23(27)19-24(29)28-26(20-12-6-3-7-13-20,21-14-8-4-9-15-21)22-16-10-5-11-17-22/h2-17,23H,1,18-19,27H2,(H,28,29)/t23-/m0/s1. The number of hydrogen-bond acceptors (Lipinski definition) is 4. The van der Waals surface area contributed by atoms with Crippen molar-refractivity contribution in [2.75, 3.05) is 6.61 Å². The second-order valence-electron chi connectivity index (χ2n) is 7.13. The van der Waals surface area contributed by atoms with Crippen LogP contribution in [-0.2, 0) is 19.9 Å². The molecule has 0 aliphatic heterocycles. The molecule has 3 N–H and O–H groups in total. The van der Waals surface area contributed by atoms with Crippen LogP contribution in [0.2, 0.25) is 0 Å². The fourth-order valence-electron chi connectivity index (χ4n) is 3.57. The van der Waals surface area contributed by atoms with Crippen LogP contribution in [0.5, 0.6) is 0 Å². The zero-order valence-electron chi connectivity index (χ0n) is 17.2. The van der Waals surface area contributed by atoms with Crippen LogP contribution in [-0.4, -0.2) is 24.5 Å². The van der Waals surface area contributed by atoms with Crippen LogP contribution >= 0.6 is 0 Å². The summed E-state index contributed by atoms with van der Waals surface area (Å²) in [4.78, 5) is 25.2. The summed E-state index contributed by atoms with van der Waals surface area (Å²) < 4.78 is 4.98. The molecule has 3 aromatic carbocycles. The van der Waals surface area contributed by atoms with Gasteiger partial charge < -0.3 is 15.8 Å². The van der Waals surface area contributed by atoms with E-state index in [0.717, 1.165) is 16.7 Å². The van der Waals surface area contributed by atoms with Gasteiger partial charge in [0.25, 0.3) is 0 Å². The Labute approximate surface area is 182 Å². The van der Waals surface area contributed by atoms with Crippen LogP contribution in [0.3, 0.4) is 0 Å². The predicted molar refractivity (Wildman–Crippen MR) is 121 cm³/mol. The second kappa shape index (κ2) is 10.4. The smallest absolute Gasteiger partial charge is 0.323 e. The first kappa shape index (κ1) is 22.0. The molecule has 0 aliphatic carbocycles. The van der Waals surface area contributed by atoms with Gasteiger partial charge in [0.05, 0.1) is 6.42 Å². The molecule has 0 radical (unpaired) electrons. The lowest BCUT2D eigenvalue weighted by Gasteiger charge is -2.37. The van der Waals surface area contributed by atoms with E-state index in [1.54, 1.807) is 0 Å². The van der Waals surface area contributed by atoms with Crippen molar-refractivity contribution in [3.63, 3.8) is 0 Å². The minimum absolute atomic E-state index is 0.0517. The average molecular weight is 415 g/mol. The van der Waals surface area contributed by atoms with E-state index in [9.17, 15) is 9.59 Å². The Morgan fingerprint density at radius 1 is 0.871 bits per heavy atom. The molecule has 0 unspecified atom stereocenters. The number of nitrogens with two attached hydrogens (primary N) is 1. The third kappa shape index (κ3) is 5.08. The summed E-state index contributed by atoms with van der Waals surface area (Å²) >= 11 is 0. The van der Waals surface area contributed by atoms with Gasteiger partial charge in [0, 0.05) is 0 Å². The van der Waals surface area contributed by atoms with E-state index in [-0.39, 0.29) is 18.9 Å². The quantitative estimate of drug-likeness (QED) is 0.319. The van der Waals surface area contributed by atoms with Crippen molar-refractivity contribution in [1.82, 2.24) is 5.32 Å². The maximum absolute atomic E-state index is 13.1. The number of carbonyl (C=O) groups excluding carboxylic acids is 2. The summed E-state index contributed by atoms with van der Waals surface area (Å²) in [6, 6.07) is 28.1. The summed E-state index contributed by atoms with van der Waals surface area (Å²) in [5.74, 6) is -1.00. The number of esters is 1. The van der Waals surface area contributed by atoms with Gasteiger partial charge in [0.2, 0.25) is 5.91 Å². The van der Waals surface area contributed by atoms with Crippen LogP contribution in [0.15, 0.2) is 104 Å². The molecule has 0 bridgehead atoms. The summed E-state index contributed by atoms with van der Waals surface area (Å²) in [6.07, 6.45) is 1.25. The Morgan fingerprint density at radius 2 is 1.29 bits per heavy atom. The fourth-order valence-corrected chi connectivity index (χ4v) is 3.57. The molecule has 0 aliphatic rings. The number of hydrogen-bond donors (Lipinski definition) is 2. The molecule has 5 heteroatoms. The van der Waals surface area contributed by atoms with Crippen LogP contribution in [0.1, 0.15) is 23.1 Å². The van der Waals surface area contributed by atoms with Crippen LogP contribution in [0.4, 0.5) is 0 Å². The van der Waals surface area contributed by atoms with Crippen LogP contribution < -0.4 is 11.1 Å². The third-order valence-electron chi connectivity index (χ3n) is 5.00. The number of nitrogens with one attached hydrogen (secondary N) is 1. The fraction of sp³-hybridized carbons (Fsp3) is 0.154. The SMILES string of the molecule is C=CCOC(=O)[C@@H](N)CC(=O)NC(c1ccccc1)(c1ccccc1)c1ccccc1. The Hall–Kier alpha value is -3.70. The average Bonchev–Trinajstić information content (AvgIpc) is 2.82. The highest BCUT2D eigenvalue weighted by Crippen LogP contribution is 2.36. The van der Waals surface area contributed by atoms with E-state index < -0.39 is 17.6 Å². The highest BCUT2D eigenvalue weighted by atomic mass is 16.5. The first-order valence-corrected chi connectivity index (χ1v) is 10.1. The highest BCUT2D eigenvalue weighted by Gasteiger charge is 2.38. The van der Waals surface area contributed by atoms with Crippen molar-refractivity contribution >= 4 is 11.9 Å². The van der Waals surface area contributed by atoms with E-state index in [0.29, 0.717) is 0 Å². The van der Waals surface area contributed by atoms with Crippen molar-refractivity contribution in [3.8, 4) is 0 Å². The maximum atomic E-state index is 13.1. The lowest BCUT2D eigenvalue weighted by atomic mass is 9.77. The first-order chi connectivity index (χ1) is 15.1. The minimum Gasteiger partial charge on any atom is -0.460 e. The Balaban J connectivity index is 2.03. The second-order valence-corrected chi connectivity index (χ2v) is 7.13. The van der Waals surface area contributed by atoms with Gasteiger partial charge in [-0.25, -0.2) is 0 Å². The number of ether oxygens (including phenoxy) is 1. The zero-order chi connectivity index (χ0) is 22.1. The predicted octanol–water partition coefficient (Wildman–Crippen LogP) is 3.54. The lowest BCUT2D eigenvalue weighted by molar-refractivity contribution is -0.145. The van der Waals surface area contributed by atoms with Crippen molar-refractivity contribution in [2.45, 2.75) is 18.0 Å². The van der Waals surface area contributed by atoms with Crippen molar-refractivity contribution in [2.24, 2.45) is 5.73 Å².